The van der Waals surface area contributed by atoms with Crippen molar-refractivity contribution >= 4 is 84.9 Å². The van der Waals surface area contributed by atoms with Crippen LogP contribution in [0.4, 0.5) is 51.2 Å². The lowest BCUT2D eigenvalue weighted by atomic mass is 9.35. The van der Waals surface area contributed by atoms with E-state index in [1.165, 1.54) is 115 Å². The first kappa shape index (κ1) is 49.4. The SMILES string of the molecule is Cc1cc2c(cc1N1c3cc4c(cc3B3c5sc6c(c5N(c5ccc(C(C)(C)C)cc5)c5cc(N(c7ccccc7)c7ccccc7)cc1c53)C(C)(C)CCC6(C)C)C(C)(C)CCC4(C)C)C(C)(C)CCC2(C)C. The van der Waals surface area contributed by atoms with Gasteiger partial charge in [-0.3, -0.25) is 0 Å². The molecule has 3 nitrogen and oxygen atoms in total. The zero-order chi connectivity index (χ0) is 52.4. The standard InChI is InChI=1S/C69H80BN3S/c1-43-37-49-51(66(9,10)33-31-64(49,5)6)41-54(43)73-55-42-52-50(65(7,8)32-34-67(52,11)12)40-53(55)70-59-56(38-48(39-57(59)73)71(45-23-19-17-20-24-45)46-25-21-18-22-26-46)72(47-29-27-44(28-30-47)63(2,3)4)60-58-61(74-62(60)70)69(15,16)36-35-68(58,13)14/h17-30,37-42H,31-36H2,1-16H3. The number of rotatable bonds is 5. The van der Waals surface area contributed by atoms with Crippen molar-refractivity contribution in [2.45, 2.75) is 187 Å². The number of hydrogen-bond donors (Lipinski definition) is 0. The highest BCUT2D eigenvalue weighted by Gasteiger charge is 2.52. The maximum atomic E-state index is 2.78. The normalized spacial score (nSPS) is 19.9. The van der Waals surface area contributed by atoms with Gasteiger partial charge in [0.05, 0.1) is 11.4 Å². The number of anilines is 9. The van der Waals surface area contributed by atoms with E-state index in [4.69, 9.17) is 0 Å². The van der Waals surface area contributed by atoms with Gasteiger partial charge in [-0.1, -0.05) is 165 Å². The van der Waals surface area contributed by atoms with E-state index in [0.717, 1.165) is 23.5 Å². The highest BCUT2D eigenvalue weighted by molar-refractivity contribution is 7.29. The van der Waals surface area contributed by atoms with Gasteiger partial charge < -0.3 is 14.7 Å². The molecule has 5 aliphatic rings. The summed E-state index contributed by atoms with van der Waals surface area (Å²) in [5.41, 5.74) is 24.7. The third-order valence-electron chi connectivity index (χ3n) is 19.2. The van der Waals surface area contributed by atoms with E-state index >= 15 is 0 Å². The van der Waals surface area contributed by atoms with Crippen LogP contribution in [0.3, 0.4) is 0 Å². The first-order chi connectivity index (χ1) is 34.7. The Hall–Kier alpha value is -5.52. The van der Waals surface area contributed by atoms with Gasteiger partial charge in [0.2, 0.25) is 0 Å². The molecule has 0 saturated heterocycles. The minimum absolute atomic E-state index is 0.0248. The van der Waals surface area contributed by atoms with Crippen molar-refractivity contribution in [2.24, 2.45) is 0 Å². The lowest BCUT2D eigenvalue weighted by Crippen LogP contribution is -2.61. The summed E-state index contributed by atoms with van der Waals surface area (Å²) in [7, 11) is 0. The number of para-hydroxylation sites is 2. The maximum absolute atomic E-state index is 2.78. The number of nitrogens with zero attached hydrogens (tertiary/aromatic N) is 3. The minimum Gasteiger partial charge on any atom is -0.311 e. The Morgan fingerprint density at radius 2 is 0.932 bits per heavy atom. The molecule has 0 spiro atoms. The van der Waals surface area contributed by atoms with Gasteiger partial charge in [0.1, 0.15) is 0 Å². The summed E-state index contributed by atoms with van der Waals surface area (Å²) in [4.78, 5) is 9.61. The Morgan fingerprint density at radius 3 is 1.46 bits per heavy atom. The number of fused-ring (bicyclic) bond motifs is 8. The second-order valence-corrected chi connectivity index (χ2v) is 29.3. The number of aryl methyl sites for hydroxylation is 1. The number of thiophene rings is 1. The summed E-state index contributed by atoms with van der Waals surface area (Å²) in [5.74, 6) is 0. The summed E-state index contributed by atoms with van der Waals surface area (Å²) in [6.45, 7) is 39.6. The van der Waals surface area contributed by atoms with Crippen LogP contribution in [0.15, 0.2) is 121 Å². The van der Waals surface area contributed by atoms with E-state index < -0.39 is 0 Å². The lowest BCUT2D eigenvalue weighted by Gasteiger charge is -2.48. The smallest absolute Gasteiger partial charge is 0.264 e. The molecule has 3 heterocycles. The van der Waals surface area contributed by atoms with Gasteiger partial charge in [0, 0.05) is 49.5 Å². The Bertz CT molecular complexity index is 3360. The third kappa shape index (κ3) is 7.46. The van der Waals surface area contributed by atoms with Crippen molar-refractivity contribution in [1.29, 1.82) is 0 Å². The molecule has 12 rings (SSSR count). The van der Waals surface area contributed by atoms with Crippen LogP contribution in [0.1, 0.15) is 186 Å². The van der Waals surface area contributed by atoms with Crippen molar-refractivity contribution in [3.63, 3.8) is 0 Å². The highest BCUT2D eigenvalue weighted by atomic mass is 32.1. The van der Waals surface area contributed by atoms with E-state index in [9.17, 15) is 0 Å². The van der Waals surface area contributed by atoms with Crippen molar-refractivity contribution in [1.82, 2.24) is 0 Å². The zero-order valence-corrected chi connectivity index (χ0v) is 48.4. The first-order valence-corrected chi connectivity index (χ1v) is 28.8. The maximum Gasteiger partial charge on any atom is 0.264 e. The molecule has 6 aromatic carbocycles. The van der Waals surface area contributed by atoms with Crippen LogP contribution in [-0.4, -0.2) is 6.71 Å². The molecule has 74 heavy (non-hydrogen) atoms. The molecule has 3 aliphatic carbocycles. The fourth-order valence-corrected chi connectivity index (χ4v) is 15.9. The second kappa shape index (κ2) is 16.3. The molecule has 0 radical (unpaired) electrons. The Balaban J connectivity index is 1.28. The summed E-state index contributed by atoms with van der Waals surface area (Å²) in [6.07, 6.45) is 7.02. The Kier molecular flexibility index (Phi) is 10.8. The van der Waals surface area contributed by atoms with Crippen LogP contribution in [0.5, 0.6) is 0 Å². The van der Waals surface area contributed by atoms with Crippen molar-refractivity contribution in [3.8, 4) is 0 Å². The average molecular weight is 994 g/mol. The van der Waals surface area contributed by atoms with Gasteiger partial charge in [-0.15, -0.1) is 0 Å². The molecule has 7 aromatic rings. The van der Waals surface area contributed by atoms with Crippen molar-refractivity contribution in [2.75, 3.05) is 14.7 Å². The van der Waals surface area contributed by atoms with Gasteiger partial charge >= 0.3 is 0 Å². The van der Waals surface area contributed by atoms with Gasteiger partial charge in [-0.25, -0.2) is 0 Å². The second-order valence-electron chi connectivity index (χ2n) is 28.3. The molecular weight excluding hydrogens is 914 g/mol. The molecule has 1 aromatic heterocycles. The van der Waals surface area contributed by atoms with E-state index in [-0.39, 0.29) is 44.6 Å². The summed E-state index contributed by atoms with van der Waals surface area (Å²) in [5, 5.41) is 0. The van der Waals surface area contributed by atoms with Crippen LogP contribution in [0, 0.1) is 6.92 Å². The Morgan fingerprint density at radius 1 is 0.473 bits per heavy atom. The molecule has 0 amide bonds. The van der Waals surface area contributed by atoms with Crippen LogP contribution in [0.25, 0.3) is 0 Å². The molecule has 0 saturated carbocycles. The summed E-state index contributed by atoms with van der Waals surface area (Å²) < 4.78 is 1.50. The highest BCUT2D eigenvalue weighted by Crippen LogP contribution is 2.59. The fourth-order valence-electron chi connectivity index (χ4n) is 14.1. The third-order valence-corrected chi connectivity index (χ3v) is 20.8. The molecule has 2 aliphatic heterocycles. The quantitative estimate of drug-likeness (QED) is 0.159. The van der Waals surface area contributed by atoms with E-state index in [0.29, 0.717) is 0 Å². The molecule has 0 fully saturated rings. The van der Waals surface area contributed by atoms with Crippen LogP contribution in [0.2, 0.25) is 0 Å². The summed E-state index contributed by atoms with van der Waals surface area (Å²) >= 11 is 2.14. The minimum atomic E-state index is -0.0250. The molecule has 0 unspecified atom stereocenters. The molecule has 0 bridgehead atoms. The van der Waals surface area contributed by atoms with Crippen LogP contribution < -0.4 is 30.4 Å². The van der Waals surface area contributed by atoms with E-state index in [1.54, 1.807) is 10.4 Å². The van der Waals surface area contributed by atoms with Crippen molar-refractivity contribution < 1.29 is 0 Å². The molecule has 0 N–H and O–H groups in total. The predicted molar refractivity (Wildman–Crippen MR) is 322 cm³/mol. The summed E-state index contributed by atoms with van der Waals surface area (Å²) in [6, 6.07) is 47.7. The monoisotopic (exact) mass is 994 g/mol. The molecule has 5 heteroatoms. The van der Waals surface area contributed by atoms with Gasteiger partial charge in [-0.05, 0) is 194 Å². The first-order valence-electron chi connectivity index (χ1n) is 28.0. The number of hydrogen-bond acceptors (Lipinski definition) is 4. The van der Waals surface area contributed by atoms with Gasteiger partial charge in [-0.2, -0.15) is 11.3 Å². The van der Waals surface area contributed by atoms with Crippen LogP contribution >= 0.6 is 11.3 Å². The zero-order valence-electron chi connectivity index (χ0n) is 47.6. The van der Waals surface area contributed by atoms with Crippen molar-refractivity contribution in [3.05, 3.63) is 165 Å². The molecular formula is C69H80BN3S. The average Bonchev–Trinajstić information content (AvgIpc) is 3.77. The fraction of sp³-hybridized carbons (Fsp3) is 0.420. The molecule has 0 atom stereocenters. The van der Waals surface area contributed by atoms with E-state index in [2.05, 4.69) is 258 Å². The lowest BCUT2D eigenvalue weighted by molar-refractivity contribution is 0.331. The largest absolute Gasteiger partial charge is 0.311 e. The van der Waals surface area contributed by atoms with Gasteiger partial charge in [0.15, 0.2) is 0 Å². The predicted octanol–water partition coefficient (Wildman–Crippen LogP) is 18.0. The van der Waals surface area contributed by atoms with Crippen LogP contribution in [-0.2, 0) is 37.9 Å². The van der Waals surface area contributed by atoms with Gasteiger partial charge in [0.25, 0.3) is 6.71 Å². The topological polar surface area (TPSA) is 9.72 Å². The Labute approximate surface area is 449 Å². The number of benzene rings is 6. The van der Waals surface area contributed by atoms with E-state index in [1.807, 2.05) is 0 Å². The molecule has 380 valence electrons.